The van der Waals surface area contributed by atoms with E-state index >= 15 is 0 Å². The number of hydrogen-bond acceptors (Lipinski definition) is 3. The molecular formula is C11H18N2O4. The van der Waals surface area contributed by atoms with E-state index in [-0.39, 0.29) is 17.1 Å². The Labute approximate surface area is 100 Å². The molecule has 0 aromatic rings. The van der Waals surface area contributed by atoms with Crippen molar-refractivity contribution in [2.75, 3.05) is 14.1 Å². The van der Waals surface area contributed by atoms with Crippen molar-refractivity contribution >= 4 is 17.8 Å². The summed E-state index contributed by atoms with van der Waals surface area (Å²) in [4.78, 5) is 35.1. The third-order valence-corrected chi connectivity index (χ3v) is 2.38. The van der Waals surface area contributed by atoms with E-state index in [4.69, 9.17) is 5.11 Å². The molecule has 96 valence electrons. The minimum Gasteiger partial charge on any atom is -0.478 e. The molecule has 0 aromatic carbocycles. The zero-order valence-electron chi connectivity index (χ0n) is 10.7. The van der Waals surface area contributed by atoms with Crippen molar-refractivity contribution in [2.24, 2.45) is 0 Å². The number of likely N-dealkylation sites (N-methyl/N-ethyl adjacent to an activating group) is 1. The molecule has 0 rings (SSSR count). The smallest absolute Gasteiger partial charge is 0.331 e. The monoisotopic (exact) mass is 242 g/mol. The fraction of sp³-hybridized carbons (Fsp3) is 0.545. The highest BCUT2D eigenvalue weighted by Gasteiger charge is 2.19. The first-order valence-corrected chi connectivity index (χ1v) is 5.11. The van der Waals surface area contributed by atoms with E-state index in [1.807, 2.05) is 0 Å². The number of aliphatic carboxylic acids is 1. The summed E-state index contributed by atoms with van der Waals surface area (Å²) in [5.41, 5.74) is 0.0582. The average molecular weight is 242 g/mol. The van der Waals surface area contributed by atoms with E-state index in [0.29, 0.717) is 0 Å². The summed E-state index contributed by atoms with van der Waals surface area (Å²) >= 11 is 0. The van der Waals surface area contributed by atoms with Crippen LogP contribution in [-0.4, -0.2) is 47.9 Å². The number of rotatable bonds is 4. The average Bonchev–Trinajstić information content (AvgIpc) is 2.25. The first-order valence-electron chi connectivity index (χ1n) is 5.11. The number of hydrogen-bond donors (Lipinski definition) is 2. The predicted octanol–water partition coefficient (Wildman–Crippen LogP) is 0.000300. The van der Waals surface area contributed by atoms with Gasteiger partial charge in [-0.05, 0) is 20.8 Å². The van der Waals surface area contributed by atoms with Crippen LogP contribution >= 0.6 is 0 Å². The second-order valence-electron chi connectivity index (χ2n) is 3.98. The summed E-state index contributed by atoms with van der Waals surface area (Å²) in [5, 5.41) is 11.2. The Morgan fingerprint density at radius 1 is 1.12 bits per heavy atom. The predicted molar refractivity (Wildman–Crippen MR) is 62.3 cm³/mol. The lowest BCUT2D eigenvalue weighted by atomic mass is 10.1. The fourth-order valence-electron chi connectivity index (χ4n) is 1.08. The van der Waals surface area contributed by atoms with Crippen molar-refractivity contribution in [3.63, 3.8) is 0 Å². The molecular weight excluding hydrogens is 224 g/mol. The number of amides is 2. The highest BCUT2D eigenvalue weighted by Crippen LogP contribution is 2.04. The van der Waals surface area contributed by atoms with Gasteiger partial charge in [0.25, 0.3) is 0 Å². The number of nitrogens with zero attached hydrogens (tertiary/aromatic N) is 1. The van der Waals surface area contributed by atoms with Gasteiger partial charge in [-0.3, -0.25) is 9.59 Å². The molecule has 0 aromatic heterocycles. The first kappa shape index (κ1) is 15.2. The highest BCUT2D eigenvalue weighted by molar-refractivity contribution is 6.02. The Bertz CT molecular complexity index is 372. The molecule has 0 radical (unpaired) electrons. The Balaban J connectivity index is 4.73. The molecule has 0 aliphatic carbocycles. The van der Waals surface area contributed by atoms with Gasteiger partial charge in [0.2, 0.25) is 11.8 Å². The van der Waals surface area contributed by atoms with Crippen LogP contribution in [0.4, 0.5) is 0 Å². The zero-order chi connectivity index (χ0) is 13.7. The van der Waals surface area contributed by atoms with E-state index in [9.17, 15) is 14.4 Å². The quantitative estimate of drug-likeness (QED) is 0.679. The largest absolute Gasteiger partial charge is 0.478 e. The van der Waals surface area contributed by atoms with Crippen LogP contribution in [0.1, 0.15) is 20.8 Å². The number of carbonyl (C=O) groups is 3. The van der Waals surface area contributed by atoms with Crippen molar-refractivity contribution in [2.45, 2.75) is 26.8 Å². The van der Waals surface area contributed by atoms with Gasteiger partial charge < -0.3 is 15.3 Å². The Kier molecular flexibility index (Phi) is 5.37. The number of carbonyl (C=O) groups excluding carboxylic acids is 2. The zero-order valence-corrected chi connectivity index (χ0v) is 10.7. The summed E-state index contributed by atoms with van der Waals surface area (Å²) in [6, 6.07) is -0.686. The van der Waals surface area contributed by atoms with Gasteiger partial charge in [0, 0.05) is 25.2 Å². The molecule has 6 nitrogen and oxygen atoms in total. The van der Waals surface area contributed by atoms with Crippen LogP contribution < -0.4 is 5.32 Å². The summed E-state index contributed by atoms with van der Waals surface area (Å²) in [6.45, 7) is 4.30. The van der Waals surface area contributed by atoms with Gasteiger partial charge in [-0.1, -0.05) is 0 Å². The molecule has 0 heterocycles. The Morgan fingerprint density at radius 3 is 1.94 bits per heavy atom. The molecule has 1 atom stereocenters. The molecule has 2 N–H and O–H groups in total. The van der Waals surface area contributed by atoms with Crippen LogP contribution in [0.3, 0.4) is 0 Å². The van der Waals surface area contributed by atoms with Gasteiger partial charge in [-0.25, -0.2) is 4.79 Å². The van der Waals surface area contributed by atoms with E-state index in [1.165, 1.54) is 18.7 Å². The maximum atomic E-state index is 11.6. The topological polar surface area (TPSA) is 86.7 Å². The van der Waals surface area contributed by atoms with Crippen LogP contribution in [0.25, 0.3) is 0 Å². The van der Waals surface area contributed by atoms with Crippen molar-refractivity contribution < 1.29 is 19.5 Å². The molecule has 0 bridgehead atoms. The standard InChI is InChI=1S/C11H18N2O4/c1-6(7(2)11(16)17)9(14)12-8(3)10(15)13(4)5/h8H,1-5H3,(H,12,14)(H,16,17). The normalized spacial score (nSPS) is 13.5. The molecule has 1 unspecified atom stereocenters. The Hall–Kier alpha value is -1.85. The third kappa shape index (κ3) is 4.26. The van der Waals surface area contributed by atoms with Crippen molar-refractivity contribution in [3.05, 3.63) is 11.1 Å². The van der Waals surface area contributed by atoms with Gasteiger partial charge in [-0.2, -0.15) is 0 Å². The maximum Gasteiger partial charge on any atom is 0.331 e. The van der Waals surface area contributed by atoms with Crippen LogP contribution in [0.2, 0.25) is 0 Å². The summed E-state index contributed by atoms with van der Waals surface area (Å²) in [5.74, 6) is -1.95. The Morgan fingerprint density at radius 2 is 1.59 bits per heavy atom. The van der Waals surface area contributed by atoms with Gasteiger partial charge in [0.1, 0.15) is 6.04 Å². The number of carboxylic acids is 1. The second-order valence-corrected chi connectivity index (χ2v) is 3.98. The van der Waals surface area contributed by atoms with E-state index in [1.54, 1.807) is 21.0 Å². The highest BCUT2D eigenvalue weighted by atomic mass is 16.4. The van der Waals surface area contributed by atoms with Gasteiger partial charge >= 0.3 is 5.97 Å². The van der Waals surface area contributed by atoms with Gasteiger partial charge in [0.15, 0.2) is 0 Å². The van der Waals surface area contributed by atoms with Crippen LogP contribution in [0.5, 0.6) is 0 Å². The molecule has 17 heavy (non-hydrogen) atoms. The molecule has 6 heteroatoms. The van der Waals surface area contributed by atoms with Crippen molar-refractivity contribution in [1.82, 2.24) is 10.2 Å². The minimum absolute atomic E-state index is 0.0352. The van der Waals surface area contributed by atoms with Crippen LogP contribution in [-0.2, 0) is 14.4 Å². The lowest BCUT2D eigenvalue weighted by Gasteiger charge is -2.18. The van der Waals surface area contributed by atoms with E-state index in [2.05, 4.69) is 5.32 Å². The van der Waals surface area contributed by atoms with Crippen molar-refractivity contribution in [1.29, 1.82) is 0 Å². The van der Waals surface area contributed by atoms with Crippen LogP contribution in [0, 0.1) is 0 Å². The SMILES string of the molecule is CC(C(=O)O)=C(C)C(=O)NC(C)C(=O)N(C)C. The second kappa shape index (κ2) is 6.03. The first-order chi connectivity index (χ1) is 7.68. The lowest BCUT2D eigenvalue weighted by molar-refractivity contribution is -0.133. The fourth-order valence-corrected chi connectivity index (χ4v) is 1.08. The number of carboxylic acid groups (broad SMARTS) is 1. The summed E-state index contributed by atoms with van der Waals surface area (Å²) < 4.78 is 0. The molecule has 0 saturated carbocycles. The molecule has 0 aliphatic rings. The summed E-state index contributed by atoms with van der Waals surface area (Å²) in [6.07, 6.45) is 0. The van der Waals surface area contributed by atoms with Gasteiger partial charge in [0.05, 0.1) is 0 Å². The van der Waals surface area contributed by atoms with E-state index < -0.39 is 17.9 Å². The summed E-state index contributed by atoms with van der Waals surface area (Å²) in [7, 11) is 3.16. The van der Waals surface area contributed by atoms with Crippen LogP contribution in [0.15, 0.2) is 11.1 Å². The molecule has 0 fully saturated rings. The van der Waals surface area contributed by atoms with Gasteiger partial charge in [-0.15, -0.1) is 0 Å². The van der Waals surface area contributed by atoms with Crippen molar-refractivity contribution in [3.8, 4) is 0 Å². The maximum absolute atomic E-state index is 11.6. The van der Waals surface area contributed by atoms with E-state index in [0.717, 1.165) is 0 Å². The lowest BCUT2D eigenvalue weighted by Crippen LogP contribution is -2.44. The molecule has 0 aliphatic heterocycles. The molecule has 2 amide bonds. The number of nitrogens with one attached hydrogen (secondary N) is 1. The minimum atomic E-state index is -1.15. The third-order valence-electron chi connectivity index (χ3n) is 2.38. The molecule has 0 saturated heterocycles. The molecule has 0 spiro atoms.